The minimum Gasteiger partial charge on any atom is -0.464 e. The third-order valence-corrected chi connectivity index (χ3v) is 2.52. The molecular formula is C12H10N2O3. The van der Waals surface area contributed by atoms with Gasteiger partial charge < -0.3 is 14.0 Å². The van der Waals surface area contributed by atoms with Crippen molar-refractivity contribution in [2.75, 3.05) is 0 Å². The van der Waals surface area contributed by atoms with Crippen LogP contribution >= 0.6 is 0 Å². The van der Waals surface area contributed by atoms with E-state index >= 15 is 0 Å². The van der Waals surface area contributed by atoms with Gasteiger partial charge in [-0.25, -0.2) is 0 Å². The normalized spacial score (nSPS) is 13.1. The van der Waals surface area contributed by atoms with Crippen LogP contribution in [-0.2, 0) is 0 Å². The molecule has 0 bridgehead atoms. The van der Waals surface area contributed by atoms with Crippen LogP contribution in [0.15, 0.2) is 39.5 Å². The fourth-order valence-corrected chi connectivity index (χ4v) is 1.67. The molecular weight excluding hydrogens is 220 g/mol. The van der Waals surface area contributed by atoms with Crippen LogP contribution in [-0.4, -0.2) is 15.2 Å². The van der Waals surface area contributed by atoms with E-state index in [9.17, 15) is 5.11 Å². The predicted octanol–water partition coefficient (Wildman–Crippen LogP) is 2.54. The lowest BCUT2D eigenvalue weighted by atomic mass is 10.2. The van der Waals surface area contributed by atoms with Crippen LogP contribution in [0.4, 0.5) is 0 Å². The largest absolute Gasteiger partial charge is 0.464 e. The first-order chi connectivity index (χ1) is 8.25. The van der Waals surface area contributed by atoms with Gasteiger partial charge in [-0.1, -0.05) is 23.4 Å². The van der Waals surface area contributed by atoms with Gasteiger partial charge in [0.1, 0.15) is 18.0 Å². The van der Waals surface area contributed by atoms with E-state index in [1.165, 1.54) is 0 Å². The number of hydrogen-bond donors (Lipinski definition) is 1. The maximum atomic E-state index is 9.33. The number of aromatic nitrogens is 2. The lowest BCUT2D eigenvalue weighted by Crippen LogP contribution is -1.90. The molecule has 0 amide bonds. The van der Waals surface area contributed by atoms with Crippen LogP contribution in [0, 0.1) is 0 Å². The first-order valence-electron chi connectivity index (χ1n) is 5.24. The molecule has 3 aromatic rings. The Kier molecular flexibility index (Phi) is 2.19. The van der Waals surface area contributed by atoms with Crippen molar-refractivity contribution in [2.45, 2.75) is 13.0 Å². The van der Waals surface area contributed by atoms with Crippen molar-refractivity contribution in [3.8, 4) is 11.4 Å². The predicted molar refractivity (Wildman–Crippen MR) is 60.1 cm³/mol. The van der Waals surface area contributed by atoms with Gasteiger partial charge in [0.05, 0.1) is 5.56 Å². The molecule has 2 heterocycles. The molecule has 0 aliphatic carbocycles. The maximum Gasteiger partial charge on any atom is 0.255 e. The molecule has 1 aromatic carbocycles. The molecule has 5 nitrogen and oxygen atoms in total. The molecule has 0 saturated carbocycles. The molecule has 1 atom stereocenters. The van der Waals surface area contributed by atoms with Crippen molar-refractivity contribution in [1.82, 2.24) is 10.1 Å². The minimum atomic E-state index is -0.769. The molecule has 3 rings (SSSR count). The second kappa shape index (κ2) is 3.71. The fraction of sp³-hybridized carbons (Fsp3) is 0.167. The molecule has 0 saturated heterocycles. The van der Waals surface area contributed by atoms with Crippen LogP contribution in [0.25, 0.3) is 22.4 Å². The zero-order valence-corrected chi connectivity index (χ0v) is 9.12. The Bertz CT molecular complexity index is 654. The van der Waals surface area contributed by atoms with E-state index in [-0.39, 0.29) is 5.89 Å². The Labute approximate surface area is 96.7 Å². The highest BCUT2D eigenvalue weighted by Gasteiger charge is 2.16. The highest BCUT2D eigenvalue weighted by atomic mass is 16.5. The molecule has 0 aliphatic rings. The molecule has 0 radical (unpaired) electrons. The number of benzene rings is 1. The Morgan fingerprint density at radius 3 is 2.88 bits per heavy atom. The highest BCUT2D eigenvalue weighted by molar-refractivity contribution is 5.91. The standard InChI is InChI=1S/C12H10N2O3/c1-7(15)12-13-11(14-17-12)9-6-16-10-5-3-2-4-8(9)10/h2-7,15H,1H3. The molecule has 86 valence electrons. The number of rotatable bonds is 2. The van der Waals surface area contributed by atoms with Crippen molar-refractivity contribution in [2.24, 2.45) is 0 Å². The SMILES string of the molecule is CC(O)c1nc(-c2coc3ccccc23)no1. The maximum absolute atomic E-state index is 9.33. The lowest BCUT2D eigenvalue weighted by Gasteiger charge is -1.92. The summed E-state index contributed by atoms with van der Waals surface area (Å²) in [6.45, 7) is 1.57. The van der Waals surface area contributed by atoms with Crippen molar-refractivity contribution in [1.29, 1.82) is 0 Å². The zero-order valence-electron chi connectivity index (χ0n) is 9.12. The van der Waals surface area contributed by atoms with Crippen molar-refractivity contribution >= 4 is 11.0 Å². The first kappa shape index (κ1) is 10.0. The quantitative estimate of drug-likeness (QED) is 0.732. The lowest BCUT2D eigenvalue weighted by molar-refractivity contribution is 0.152. The summed E-state index contributed by atoms with van der Waals surface area (Å²) in [6.07, 6.45) is 0.816. The molecule has 17 heavy (non-hydrogen) atoms. The smallest absolute Gasteiger partial charge is 0.255 e. The van der Waals surface area contributed by atoms with E-state index in [1.807, 2.05) is 24.3 Å². The summed E-state index contributed by atoms with van der Waals surface area (Å²) in [6, 6.07) is 7.60. The summed E-state index contributed by atoms with van der Waals surface area (Å²) < 4.78 is 10.3. The molecule has 1 N–H and O–H groups in total. The number of hydrogen-bond acceptors (Lipinski definition) is 5. The summed E-state index contributed by atoms with van der Waals surface area (Å²) in [5.41, 5.74) is 1.53. The Balaban J connectivity index is 2.14. The van der Waals surface area contributed by atoms with E-state index in [4.69, 9.17) is 8.94 Å². The van der Waals surface area contributed by atoms with Gasteiger partial charge in [0, 0.05) is 5.39 Å². The summed E-state index contributed by atoms with van der Waals surface area (Å²) in [7, 11) is 0. The Morgan fingerprint density at radius 1 is 1.29 bits per heavy atom. The third kappa shape index (κ3) is 1.60. The number of fused-ring (bicyclic) bond motifs is 1. The molecule has 0 aliphatic heterocycles. The van der Waals surface area contributed by atoms with Crippen molar-refractivity contribution < 1.29 is 14.0 Å². The van der Waals surface area contributed by atoms with Gasteiger partial charge in [-0.2, -0.15) is 4.98 Å². The molecule has 1 unspecified atom stereocenters. The average Bonchev–Trinajstić information content (AvgIpc) is 2.95. The number of para-hydroxylation sites is 1. The number of aliphatic hydroxyl groups excluding tert-OH is 1. The molecule has 5 heteroatoms. The van der Waals surface area contributed by atoms with Crippen LogP contribution in [0.2, 0.25) is 0 Å². The topological polar surface area (TPSA) is 72.3 Å². The summed E-state index contributed by atoms with van der Waals surface area (Å²) >= 11 is 0. The second-order valence-electron chi connectivity index (χ2n) is 3.78. The first-order valence-corrected chi connectivity index (χ1v) is 5.24. The van der Waals surface area contributed by atoms with Crippen LogP contribution < -0.4 is 0 Å². The van der Waals surface area contributed by atoms with Gasteiger partial charge in [-0.05, 0) is 13.0 Å². The van der Waals surface area contributed by atoms with E-state index in [0.717, 1.165) is 16.5 Å². The number of nitrogens with zero attached hydrogens (tertiary/aromatic N) is 2. The van der Waals surface area contributed by atoms with Crippen LogP contribution in [0.5, 0.6) is 0 Å². The molecule has 0 spiro atoms. The summed E-state index contributed by atoms with van der Waals surface area (Å²) in [5.74, 6) is 0.621. The van der Waals surface area contributed by atoms with Crippen molar-refractivity contribution in [3.05, 3.63) is 36.4 Å². The van der Waals surface area contributed by atoms with Gasteiger partial charge in [-0.3, -0.25) is 0 Å². The fourth-order valence-electron chi connectivity index (χ4n) is 1.67. The second-order valence-corrected chi connectivity index (χ2v) is 3.78. The van der Waals surface area contributed by atoms with Gasteiger partial charge in [0.25, 0.3) is 5.89 Å². The highest BCUT2D eigenvalue weighted by Crippen LogP contribution is 2.28. The van der Waals surface area contributed by atoms with E-state index in [0.29, 0.717) is 5.82 Å². The minimum absolute atomic E-state index is 0.199. The van der Waals surface area contributed by atoms with Gasteiger partial charge in [-0.15, -0.1) is 0 Å². The van der Waals surface area contributed by atoms with E-state index in [2.05, 4.69) is 10.1 Å². The molecule has 0 fully saturated rings. The van der Waals surface area contributed by atoms with Gasteiger partial charge in [0.2, 0.25) is 5.82 Å². The van der Waals surface area contributed by atoms with Crippen molar-refractivity contribution in [3.63, 3.8) is 0 Å². The summed E-state index contributed by atoms with van der Waals surface area (Å²) in [4.78, 5) is 4.11. The van der Waals surface area contributed by atoms with E-state index < -0.39 is 6.10 Å². The summed E-state index contributed by atoms with van der Waals surface area (Å²) in [5, 5.41) is 14.1. The van der Waals surface area contributed by atoms with E-state index in [1.54, 1.807) is 13.2 Å². The van der Waals surface area contributed by atoms with Crippen LogP contribution in [0.1, 0.15) is 18.9 Å². The monoisotopic (exact) mass is 230 g/mol. The third-order valence-electron chi connectivity index (χ3n) is 2.52. The van der Waals surface area contributed by atoms with Crippen LogP contribution in [0.3, 0.4) is 0 Å². The van der Waals surface area contributed by atoms with Gasteiger partial charge in [0.15, 0.2) is 0 Å². The number of furan rings is 1. The average molecular weight is 230 g/mol. The molecule has 2 aromatic heterocycles. The Morgan fingerprint density at radius 2 is 2.12 bits per heavy atom. The Hall–Kier alpha value is -2.14. The van der Waals surface area contributed by atoms with Gasteiger partial charge >= 0.3 is 0 Å². The zero-order chi connectivity index (χ0) is 11.8. The number of aliphatic hydroxyl groups is 1.